The highest BCUT2D eigenvalue weighted by molar-refractivity contribution is 7.13. The molecule has 0 atom stereocenters. The topological polar surface area (TPSA) is 49.6 Å². The summed E-state index contributed by atoms with van der Waals surface area (Å²) in [5.41, 5.74) is 1.93. The molecule has 4 rings (SSSR count). The number of aromatic nitrogens is 1. The molecule has 3 heterocycles. The van der Waals surface area contributed by atoms with E-state index in [4.69, 9.17) is 4.42 Å². The van der Waals surface area contributed by atoms with E-state index in [1.54, 1.807) is 48.0 Å². The van der Waals surface area contributed by atoms with Crippen molar-refractivity contribution in [2.45, 2.75) is 6.54 Å². The van der Waals surface area contributed by atoms with E-state index in [1.165, 1.54) is 12.1 Å². The van der Waals surface area contributed by atoms with Gasteiger partial charge in [0.2, 0.25) is 5.91 Å². The van der Waals surface area contributed by atoms with Crippen LogP contribution in [0, 0.1) is 5.82 Å². The third-order valence-electron chi connectivity index (χ3n) is 4.65. The Morgan fingerprint density at radius 2 is 1.96 bits per heavy atom. The van der Waals surface area contributed by atoms with Gasteiger partial charge in [-0.05, 0) is 42.5 Å². The normalized spacial score (nSPS) is 15.4. The van der Waals surface area contributed by atoms with E-state index in [0.29, 0.717) is 18.8 Å². The van der Waals surface area contributed by atoms with E-state index in [9.17, 15) is 9.18 Å². The van der Waals surface area contributed by atoms with Crippen LogP contribution in [0.3, 0.4) is 0 Å². The van der Waals surface area contributed by atoms with Crippen molar-refractivity contribution in [3.63, 3.8) is 0 Å². The average Bonchev–Trinajstić information content (AvgIpc) is 3.39. The first kappa shape index (κ1) is 18.6. The smallest absolute Gasteiger partial charge is 0.246 e. The Morgan fingerprint density at radius 3 is 2.68 bits per heavy atom. The lowest BCUT2D eigenvalue weighted by Gasteiger charge is -2.33. The Hall–Kier alpha value is -2.77. The van der Waals surface area contributed by atoms with E-state index in [0.717, 1.165) is 35.9 Å². The Labute approximate surface area is 166 Å². The Morgan fingerprint density at radius 1 is 1.18 bits per heavy atom. The second-order valence-electron chi connectivity index (χ2n) is 6.60. The number of carbonyl (C=O) groups is 1. The summed E-state index contributed by atoms with van der Waals surface area (Å²) >= 11 is 1.56. The third-order valence-corrected chi connectivity index (χ3v) is 5.59. The number of hydrogen-bond acceptors (Lipinski definition) is 5. The summed E-state index contributed by atoms with van der Waals surface area (Å²) in [4.78, 5) is 21.1. The molecule has 1 amide bonds. The van der Waals surface area contributed by atoms with Crippen molar-refractivity contribution < 1.29 is 13.6 Å². The van der Waals surface area contributed by atoms with Crippen molar-refractivity contribution >= 4 is 23.3 Å². The van der Waals surface area contributed by atoms with Crippen LogP contribution in [0.25, 0.3) is 16.6 Å². The summed E-state index contributed by atoms with van der Waals surface area (Å²) in [5.74, 6) is 0.433. The van der Waals surface area contributed by atoms with Crippen molar-refractivity contribution in [3.8, 4) is 10.6 Å². The van der Waals surface area contributed by atoms with Gasteiger partial charge in [0.15, 0.2) is 0 Å². The summed E-state index contributed by atoms with van der Waals surface area (Å²) in [6, 6.07) is 10.0. The van der Waals surface area contributed by atoms with Crippen molar-refractivity contribution in [3.05, 3.63) is 71.4 Å². The third kappa shape index (κ3) is 4.55. The number of piperazine rings is 1. The van der Waals surface area contributed by atoms with Gasteiger partial charge in [0.1, 0.15) is 16.6 Å². The van der Waals surface area contributed by atoms with Crippen molar-refractivity contribution in [2.24, 2.45) is 0 Å². The molecule has 0 unspecified atom stereocenters. The number of carbonyl (C=O) groups excluding carboxylic acids is 1. The van der Waals surface area contributed by atoms with Crippen LogP contribution in [0.1, 0.15) is 11.5 Å². The molecule has 0 bridgehead atoms. The second-order valence-corrected chi connectivity index (χ2v) is 7.46. The molecule has 1 saturated heterocycles. The van der Waals surface area contributed by atoms with Gasteiger partial charge in [0.05, 0.1) is 12.0 Å². The molecule has 0 spiro atoms. The molecule has 1 fully saturated rings. The Bertz CT molecular complexity index is 942. The molecule has 1 aliphatic heterocycles. The molecule has 0 saturated carbocycles. The molecule has 5 nitrogen and oxygen atoms in total. The number of hydrogen-bond donors (Lipinski definition) is 0. The van der Waals surface area contributed by atoms with Crippen molar-refractivity contribution in [1.29, 1.82) is 0 Å². The molecular weight excluding hydrogens is 377 g/mol. The van der Waals surface area contributed by atoms with Gasteiger partial charge in [-0.25, -0.2) is 9.37 Å². The Kier molecular flexibility index (Phi) is 5.64. The predicted octanol–water partition coefficient (Wildman–Crippen LogP) is 3.90. The lowest BCUT2D eigenvalue weighted by Crippen LogP contribution is -2.47. The van der Waals surface area contributed by atoms with Gasteiger partial charge in [0.25, 0.3) is 0 Å². The highest BCUT2D eigenvalue weighted by atomic mass is 32.1. The highest BCUT2D eigenvalue weighted by Gasteiger charge is 2.20. The van der Waals surface area contributed by atoms with Crippen molar-refractivity contribution in [1.82, 2.24) is 14.8 Å². The van der Waals surface area contributed by atoms with Gasteiger partial charge >= 0.3 is 0 Å². The van der Waals surface area contributed by atoms with Crippen LogP contribution in [0.15, 0.2) is 58.5 Å². The first-order valence-electron chi connectivity index (χ1n) is 9.10. The van der Waals surface area contributed by atoms with Crippen LogP contribution in [0.2, 0.25) is 0 Å². The fourth-order valence-electron chi connectivity index (χ4n) is 3.11. The minimum absolute atomic E-state index is 0.00306. The van der Waals surface area contributed by atoms with Gasteiger partial charge in [-0.2, -0.15) is 0 Å². The lowest BCUT2D eigenvalue weighted by atomic mass is 10.2. The summed E-state index contributed by atoms with van der Waals surface area (Å²) in [5, 5.41) is 2.94. The molecule has 0 aliphatic carbocycles. The van der Waals surface area contributed by atoms with Crippen LogP contribution in [0.4, 0.5) is 4.39 Å². The van der Waals surface area contributed by atoms with Gasteiger partial charge in [-0.1, -0.05) is 0 Å². The van der Waals surface area contributed by atoms with E-state index in [1.807, 2.05) is 16.3 Å². The number of furan rings is 1. The first-order valence-corrected chi connectivity index (χ1v) is 9.98. The first-order chi connectivity index (χ1) is 13.7. The minimum atomic E-state index is -0.244. The zero-order chi connectivity index (χ0) is 19.3. The van der Waals surface area contributed by atoms with Crippen LogP contribution < -0.4 is 0 Å². The van der Waals surface area contributed by atoms with Gasteiger partial charge in [-0.3, -0.25) is 9.69 Å². The predicted molar refractivity (Wildman–Crippen MR) is 107 cm³/mol. The highest BCUT2D eigenvalue weighted by Crippen LogP contribution is 2.24. The summed E-state index contributed by atoms with van der Waals surface area (Å²) < 4.78 is 18.3. The molecule has 2 aromatic heterocycles. The SMILES string of the molecule is O=C(C=Cc1ccco1)N1CCN(Cc2csc(-c3ccc(F)cc3)n2)CC1. The lowest BCUT2D eigenvalue weighted by molar-refractivity contribution is -0.127. The van der Waals surface area contributed by atoms with Crippen LogP contribution in [-0.4, -0.2) is 46.9 Å². The summed E-state index contributed by atoms with van der Waals surface area (Å²) in [6.07, 6.45) is 4.84. The minimum Gasteiger partial charge on any atom is -0.465 e. The number of nitrogens with zero attached hydrogens (tertiary/aromatic N) is 3. The molecule has 3 aromatic rings. The van der Waals surface area contributed by atoms with Crippen molar-refractivity contribution in [2.75, 3.05) is 26.2 Å². The molecule has 144 valence electrons. The standard InChI is InChI=1S/C21H20FN3O2S/c22-17-5-3-16(4-6-17)21-23-18(15-28-21)14-24-9-11-25(12-10-24)20(26)8-7-19-2-1-13-27-19/h1-8,13,15H,9-12,14H2. The molecule has 1 aliphatic rings. The average molecular weight is 397 g/mol. The molecule has 7 heteroatoms. The van der Waals surface area contributed by atoms with Crippen LogP contribution >= 0.6 is 11.3 Å². The molecule has 28 heavy (non-hydrogen) atoms. The van der Waals surface area contributed by atoms with E-state index < -0.39 is 0 Å². The monoisotopic (exact) mass is 397 g/mol. The van der Waals surface area contributed by atoms with E-state index in [-0.39, 0.29) is 11.7 Å². The largest absolute Gasteiger partial charge is 0.465 e. The summed E-state index contributed by atoms with van der Waals surface area (Å²) in [7, 11) is 0. The number of thiazole rings is 1. The van der Waals surface area contributed by atoms with E-state index in [2.05, 4.69) is 9.88 Å². The number of rotatable bonds is 5. The zero-order valence-electron chi connectivity index (χ0n) is 15.3. The van der Waals surface area contributed by atoms with Crippen LogP contribution in [0.5, 0.6) is 0 Å². The van der Waals surface area contributed by atoms with E-state index >= 15 is 0 Å². The number of halogens is 1. The summed E-state index contributed by atoms with van der Waals surface area (Å²) in [6.45, 7) is 3.75. The fourth-order valence-corrected chi connectivity index (χ4v) is 3.92. The molecule has 0 radical (unpaired) electrons. The maximum absolute atomic E-state index is 13.1. The van der Waals surface area contributed by atoms with Gasteiger partial charge < -0.3 is 9.32 Å². The second kappa shape index (κ2) is 8.50. The van der Waals surface area contributed by atoms with Gasteiger partial charge in [-0.15, -0.1) is 11.3 Å². The fraction of sp³-hybridized carbons (Fsp3) is 0.238. The molecule has 1 aromatic carbocycles. The number of amides is 1. The maximum Gasteiger partial charge on any atom is 0.246 e. The Balaban J connectivity index is 1.29. The van der Waals surface area contributed by atoms with Crippen LogP contribution in [-0.2, 0) is 11.3 Å². The van der Waals surface area contributed by atoms with Gasteiger partial charge in [0, 0.05) is 49.7 Å². The molecular formula is C21H20FN3O2S. The zero-order valence-corrected chi connectivity index (χ0v) is 16.1. The number of benzene rings is 1. The maximum atomic E-state index is 13.1. The quantitative estimate of drug-likeness (QED) is 0.613. The molecule has 0 N–H and O–H groups in total.